The van der Waals surface area contributed by atoms with Gasteiger partial charge >= 0.3 is 5.97 Å². The van der Waals surface area contributed by atoms with Crippen molar-refractivity contribution >= 4 is 21.9 Å². The van der Waals surface area contributed by atoms with E-state index < -0.39 is 0 Å². The van der Waals surface area contributed by atoms with Gasteiger partial charge in [-0.05, 0) is 0 Å². The number of alkyl halides is 1. The minimum Gasteiger partial charge on any atom is -0.468 e. The molecule has 50 valence electrons. The topological polar surface area (TPSA) is 26.3 Å². The van der Waals surface area contributed by atoms with Gasteiger partial charge < -0.3 is 4.74 Å². The number of hydrogen-bond acceptors (Lipinski definition) is 2. The van der Waals surface area contributed by atoms with Crippen molar-refractivity contribution in [3.8, 4) is 0 Å². The van der Waals surface area contributed by atoms with Crippen molar-refractivity contribution in [1.82, 2.24) is 0 Å². The van der Waals surface area contributed by atoms with Gasteiger partial charge in [0.1, 0.15) is 5.33 Å². The molecular formula is C5H11BrO2. The summed E-state index contributed by atoms with van der Waals surface area (Å²) in [5, 5.41) is 0.281. The Morgan fingerprint density at radius 2 is 2.00 bits per heavy atom. The summed E-state index contributed by atoms with van der Waals surface area (Å²) in [6, 6.07) is 0. The third-order valence-electron chi connectivity index (χ3n) is 0.337. The summed E-state index contributed by atoms with van der Waals surface area (Å²) < 4.78 is 4.21. The Morgan fingerprint density at radius 1 is 1.62 bits per heavy atom. The molecule has 0 rings (SSSR count). The quantitative estimate of drug-likeness (QED) is 0.455. The van der Waals surface area contributed by atoms with Gasteiger partial charge in [-0.15, -0.1) is 0 Å². The third kappa shape index (κ3) is 9.34. The molecule has 0 aliphatic rings. The van der Waals surface area contributed by atoms with E-state index in [0.29, 0.717) is 0 Å². The first-order valence-electron chi connectivity index (χ1n) is 2.44. The first-order valence-corrected chi connectivity index (χ1v) is 3.56. The summed E-state index contributed by atoms with van der Waals surface area (Å²) in [6.07, 6.45) is 0. The van der Waals surface area contributed by atoms with Crippen LogP contribution >= 0.6 is 15.9 Å². The molecule has 0 spiro atoms. The van der Waals surface area contributed by atoms with Crippen molar-refractivity contribution in [2.45, 2.75) is 13.8 Å². The molecule has 0 aliphatic carbocycles. The predicted octanol–water partition coefficient (Wildman–Crippen LogP) is 1.58. The molecule has 0 aromatic rings. The molecule has 0 atom stereocenters. The van der Waals surface area contributed by atoms with Gasteiger partial charge in [-0.2, -0.15) is 0 Å². The van der Waals surface area contributed by atoms with Crippen LogP contribution in [0.25, 0.3) is 0 Å². The van der Waals surface area contributed by atoms with Gasteiger partial charge in [-0.25, -0.2) is 0 Å². The Balaban J connectivity index is 0. The van der Waals surface area contributed by atoms with Crippen LogP contribution in [0.5, 0.6) is 0 Å². The fourth-order valence-electron chi connectivity index (χ4n) is 0.0546. The number of hydrogen-bond donors (Lipinski definition) is 0. The fraction of sp³-hybridized carbons (Fsp3) is 0.800. The van der Waals surface area contributed by atoms with E-state index in [1.807, 2.05) is 13.8 Å². The Kier molecular flexibility index (Phi) is 13.6. The molecule has 0 fully saturated rings. The van der Waals surface area contributed by atoms with Gasteiger partial charge in [0.25, 0.3) is 0 Å². The predicted molar refractivity (Wildman–Crippen MR) is 37.2 cm³/mol. The number of carbonyl (C=O) groups excluding carboxylic acids is 1. The van der Waals surface area contributed by atoms with Crippen molar-refractivity contribution < 1.29 is 9.53 Å². The third-order valence-corrected chi connectivity index (χ3v) is 0.795. The summed E-state index contributed by atoms with van der Waals surface area (Å²) in [5.74, 6) is -0.241. The van der Waals surface area contributed by atoms with E-state index in [1.165, 1.54) is 7.11 Å². The zero-order valence-corrected chi connectivity index (χ0v) is 6.99. The molecule has 2 nitrogen and oxygen atoms in total. The van der Waals surface area contributed by atoms with E-state index in [4.69, 9.17) is 0 Å². The first-order chi connectivity index (χ1) is 3.81. The summed E-state index contributed by atoms with van der Waals surface area (Å²) in [7, 11) is 1.35. The maximum atomic E-state index is 9.91. The summed E-state index contributed by atoms with van der Waals surface area (Å²) >= 11 is 2.90. The van der Waals surface area contributed by atoms with Gasteiger partial charge in [-0.3, -0.25) is 4.79 Å². The minimum atomic E-state index is -0.241. The molecule has 0 aromatic carbocycles. The van der Waals surface area contributed by atoms with E-state index in [0.717, 1.165) is 0 Å². The van der Waals surface area contributed by atoms with Crippen LogP contribution in [0.2, 0.25) is 0 Å². The van der Waals surface area contributed by atoms with Crippen molar-refractivity contribution in [1.29, 1.82) is 0 Å². The maximum Gasteiger partial charge on any atom is 0.316 e. The van der Waals surface area contributed by atoms with E-state index in [1.54, 1.807) is 0 Å². The van der Waals surface area contributed by atoms with Gasteiger partial charge in [0.15, 0.2) is 0 Å². The molecule has 0 heterocycles. The van der Waals surface area contributed by atoms with E-state index in [9.17, 15) is 4.79 Å². The lowest BCUT2D eigenvalue weighted by Crippen LogP contribution is -1.99. The number of rotatable bonds is 1. The second kappa shape index (κ2) is 10.0. The second-order valence-corrected chi connectivity index (χ2v) is 1.27. The highest BCUT2D eigenvalue weighted by Crippen LogP contribution is 1.79. The van der Waals surface area contributed by atoms with Crippen molar-refractivity contribution in [3.05, 3.63) is 0 Å². The van der Waals surface area contributed by atoms with E-state index in [-0.39, 0.29) is 11.3 Å². The zero-order valence-electron chi connectivity index (χ0n) is 5.40. The number of esters is 1. The van der Waals surface area contributed by atoms with Crippen LogP contribution in [0.4, 0.5) is 0 Å². The highest BCUT2D eigenvalue weighted by atomic mass is 79.9. The smallest absolute Gasteiger partial charge is 0.316 e. The molecule has 0 N–H and O–H groups in total. The zero-order chi connectivity index (χ0) is 6.99. The largest absolute Gasteiger partial charge is 0.468 e. The average molecular weight is 183 g/mol. The highest BCUT2D eigenvalue weighted by Gasteiger charge is 1.89. The molecule has 0 aromatic heterocycles. The number of halogens is 1. The Morgan fingerprint density at radius 3 is 2.00 bits per heavy atom. The molecule has 0 bridgehead atoms. The van der Waals surface area contributed by atoms with Gasteiger partial charge in [0.2, 0.25) is 0 Å². The Bertz CT molecular complexity index is 48.4. The second-order valence-electron chi connectivity index (χ2n) is 0.710. The first kappa shape index (κ1) is 10.8. The summed E-state index contributed by atoms with van der Waals surface area (Å²) in [4.78, 5) is 9.91. The number of methoxy groups -OCH3 is 1. The van der Waals surface area contributed by atoms with Gasteiger partial charge in [0.05, 0.1) is 7.11 Å². The molecule has 8 heavy (non-hydrogen) atoms. The SMILES string of the molecule is CC.COC(=O)CBr. The lowest BCUT2D eigenvalue weighted by Gasteiger charge is -1.86. The van der Waals surface area contributed by atoms with Crippen LogP contribution in [-0.2, 0) is 9.53 Å². The Hall–Kier alpha value is -0.0500. The normalized spacial score (nSPS) is 6.50. The van der Waals surface area contributed by atoms with Crippen LogP contribution in [0, 0.1) is 0 Å². The molecule has 0 unspecified atom stereocenters. The van der Waals surface area contributed by atoms with Crippen LogP contribution in [0.15, 0.2) is 0 Å². The van der Waals surface area contributed by atoms with Crippen LogP contribution in [0.1, 0.15) is 13.8 Å². The fourth-order valence-corrected chi connectivity index (χ4v) is 0.283. The summed E-state index contributed by atoms with van der Waals surface area (Å²) in [5.41, 5.74) is 0. The standard InChI is InChI=1S/C3H5BrO2.C2H6/c1-6-3(5)2-4;1-2/h2H2,1H3;1-2H3. The molecule has 0 aliphatic heterocycles. The Labute approximate surface area is 58.3 Å². The summed E-state index contributed by atoms with van der Waals surface area (Å²) in [6.45, 7) is 4.00. The molecule has 3 heteroatoms. The van der Waals surface area contributed by atoms with Crippen LogP contribution in [-0.4, -0.2) is 18.4 Å². The minimum absolute atomic E-state index is 0.241. The lowest BCUT2D eigenvalue weighted by molar-refractivity contribution is -0.137. The number of ether oxygens (including phenoxy) is 1. The molecular weight excluding hydrogens is 172 g/mol. The maximum absolute atomic E-state index is 9.91. The molecule has 0 amide bonds. The highest BCUT2D eigenvalue weighted by molar-refractivity contribution is 9.09. The molecule has 0 saturated heterocycles. The van der Waals surface area contributed by atoms with E-state index >= 15 is 0 Å². The molecule has 0 saturated carbocycles. The van der Waals surface area contributed by atoms with Crippen molar-refractivity contribution in [2.24, 2.45) is 0 Å². The monoisotopic (exact) mass is 182 g/mol. The lowest BCUT2D eigenvalue weighted by atomic mass is 10.8. The molecule has 0 radical (unpaired) electrons. The van der Waals surface area contributed by atoms with Crippen LogP contribution < -0.4 is 0 Å². The van der Waals surface area contributed by atoms with Gasteiger partial charge in [-0.1, -0.05) is 29.8 Å². The van der Waals surface area contributed by atoms with Gasteiger partial charge in [0, 0.05) is 0 Å². The van der Waals surface area contributed by atoms with E-state index in [2.05, 4.69) is 20.7 Å². The number of carbonyl (C=O) groups is 1. The van der Waals surface area contributed by atoms with Crippen molar-refractivity contribution in [3.63, 3.8) is 0 Å². The van der Waals surface area contributed by atoms with Crippen LogP contribution in [0.3, 0.4) is 0 Å². The van der Waals surface area contributed by atoms with Crippen molar-refractivity contribution in [2.75, 3.05) is 12.4 Å². The average Bonchev–Trinajstić information content (AvgIpc) is 1.91.